The zero-order valence-electron chi connectivity index (χ0n) is 11.0. The number of hydrogen-bond donors (Lipinski definition) is 1. The number of halogens is 1. The Hall–Kier alpha value is -1.23. The molecule has 0 aromatic heterocycles. The summed E-state index contributed by atoms with van der Waals surface area (Å²) in [7, 11) is 1.59. The van der Waals surface area contributed by atoms with Gasteiger partial charge in [0, 0.05) is 15.5 Å². The van der Waals surface area contributed by atoms with Gasteiger partial charge in [0.25, 0.3) is 0 Å². The van der Waals surface area contributed by atoms with Gasteiger partial charge in [0.2, 0.25) is 0 Å². The lowest BCUT2D eigenvalue weighted by molar-refractivity contribution is -0.137. The molecule has 0 spiro atoms. The second kappa shape index (κ2) is 5.41. The van der Waals surface area contributed by atoms with Crippen molar-refractivity contribution in [2.24, 2.45) is 0 Å². The molecule has 1 fully saturated rings. The summed E-state index contributed by atoms with van der Waals surface area (Å²) in [6.45, 7) is 2.42. The highest BCUT2D eigenvalue weighted by molar-refractivity contribution is 9.10. The van der Waals surface area contributed by atoms with Crippen molar-refractivity contribution in [2.75, 3.05) is 13.7 Å². The summed E-state index contributed by atoms with van der Waals surface area (Å²) in [6.07, 6.45) is 1.86. The van der Waals surface area contributed by atoms with E-state index in [0.29, 0.717) is 18.1 Å². The summed E-state index contributed by atoms with van der Waals surface area (Å²) in [5.41, 5.74) is 0.611. The Bertz CT molecular complexity index is 494. The van der Waals surface area contributed by atoms with Crippen molar-refractivity contribution in [3.63, 3.8) is 0 Å². The predicted octanol–water partition coefficient (Wildman–Crippen LogP) is 3.36. The van der Waals surface area contributed by atoms with Gasteiger partial charge in [0.15, 0.2) is 11.5 Å². The third-order valence-corrected chi connectivity index (χ3v) is 4.11. The van der Waals surface area contributed by atoms with Crippen molar-refractivity contribution in [2.45, 2.75) is 31.6 Å². The van der Waals surface area contributed by atoms with Gasteiger partial charge < -0.3 is 14.6 Å². The highest BCUT2D eigenvalue weighted by atomic mass is 79.9. The molecule has 0 heterocycles. The lowest BCUT2D eigenvalue weighted by Crippen LogP contribution is -2.16. The van der Waals surface area contributed by atoms with Crippen molar-refractivity contribution in [1.29, 1.82) is 0 Å². The number of ether oxygens (including phenoxy) is 2. The maximum atomic E-state index is 11.1. The smallest absolute Gasteiger partial charge is 0.304 e. The van der Waals surface area contributed by atoms with Crippen LogP contribution in [0.1, 0.15) is 31.7 Å². The van der Waals surface area contributed by atoms with E-state index in [2.05, 4.69) is 15.9 Å². The van der Waals surface area contributed by atoms with E-state index in [1.807, 2.05) is 19.1 Å². The lowest BCUT2D eigenvalue weighted by Gasteiger charge is -2.21. The van der Waals surface area contributed by atoms with Gasteiger partial charge in [0.05, 0.1) is 20.1 Å². The molecule has 1 N–H and O–H groups in total. The first-order chi connectivity index (χ1) is 9.04. The molecule has 0 bridgehead atoms. The van der Waals surface area contributed by atoms with Gasteiger partial charge in [-0.05, 0) is 31.9 Å². The molecular weight excluding hydrogens is 312 g/mol. The Morgan fingerprint density at radius 1 is 1.47 bits per heavy atom. The molecule has 0 atom stereocenters. The molecule has 4 nitrogen and oxygen atoms in total. The fourth-order valence-corrected chi connectivity index (χ4v) is 3.17. The number of aliphatic carboxylic acids is 1. The molecule has 0 unspecified atom stereocenters. The summed E-state index contributed by atoms with van der Waals surface area (Å²) in [6, 6.07) is 3.72. The summed E-state index contributed by atoms with van der Waals surface area (Å²) >= 11 is 3.52. The van der Waals surface area contributed by atoms with Gasteiger partial charge in [-0.3, -0.25) is 4.79 Å². The highest BCUT2D eigenvalue weighted by Crippen LogP contribution is 2.57. The number of carbonyl (C=O) groups is 1. The third kappa shape index (κ3) is 2.71. The number of hydrogen-bond acceptors (Lipinski definition) is 3. The highest BCUT2D eigenvalue weighted by Gasteiger charge is 2.49. The quantitative estimate of drug-likeness (QED) is 0.869. The van der Waals surface area contributed by atoms with Crippen molar-refractivity contribution < 1.29 is 19.4 Å². The Morgan fingerprint density at radius 3 is 2.63 bits per heavy atom. The largest absolute Gasteiger partial charge is 0.493 e. The van der Waals surface area contributed by atoms with E-state index in [0.717, 1.165) is 22.9 Å². The SMILES string of the molecule is CCOc1c(OC)ccc(Br)c1C1(CC(=O)O)CC1. The van der Waals surface area contributed by atoms with Crippen LogP contribution in [-0.2, 0) is 10.2 Å². The average Bonchev–Trinajstić information content (AvgIpc) is 3.09. The van der Waals surface area contributed by atoms with E-state index in [1.165, 1.54) is 0 Å². The fourth-order valence-electron chi connectivity index (χ4n) is 2.44. The first-order valence-electron chi connectivity index (χ1n) is 6.25. The van der Waals surface area contributed by atoms with Gasteiger partial charge in [-0.2, -0.15) is 0 Å². The first-order valence-corrected chi connectivity index (χ1v) is 7.05. The maximum Gasteiger partial charge on any atom is 0.304 e. The minimum Gasteiger partial charge on any atom is -0.493 e. The second-order valence-electron chi connectivity index (χ2n) is 4.74. The Balaban J connectivity index is 2.51. The van der Waals surface area contributed by atoms with Crippen LogP contribution in [-0.4, -0.2) is 24.8 Å². The van der Waals surface area contributed by atoms with Crippen LogP contribution in [0.3, 0.4) is 0 Å². The minimum atomic E-state index is -0.783. The van der Waals surface area contributed by atoms with E-state index in [1.54, 1.807) is 7.11 Å². The standard InChI is InChI=1S/C14H17BrO4/c1-3-19-13-10(18-2)5-4-9(15)12(13)14(6-7-14)8-11(16)17/h4-5H,3,6-8H2,1-2H3,(H,16,17). The van der Waals surface area contributed by atoms with Crippen LogP contribution in [0, 0.1) is 0 Å². The van der Waals surface area contributed by atoms with Gasteiger partial charge >= 0.3 is 5.97 Å². The molecule has 1 aliphatic rings. The zero-order chi connectivity index (χ0) is 14.0. The van der Waals surface area contributed by atoms with Crippen molar-refractivity contribution in [3.8, 4) is 11.5 Å². The van der Waals surface area contributed by atoms with Crippen LogP contribution in [0.15, 0.2) is 16.6 Å². The van der Waals surface area contributed by atoms with Crippen LogP contribution in [0.5, 0.6) is 11.5 Å². The summed E-state index contributed by atoms with van der Waals surface area (Å²) in [4.78, 5) is 11.1. The monoisotopic (exact) mass is 328 g/mol. The molecule has 19 heavy (non-hydrogen) atoms. The normalized spacial score (nSPS) is 15.9. The molecule has 104 valence electrons. The Kier molecular flexibility index (Phi) is 4.04. The first kappa shape index (κ1) is 14.2. The maximum absolute atomic E-state index is 11.1. The Morgan fingerprint density at radius 2 is 2.16 bits per heavy atom. The number of rotatable bonds is 6. The molecule has 0 saturated heterocycles. The van der Waals surface area contributed by atoms with Gasteiger partial charge in [-0.15, -0.1) is 0 Å². The molecule has 1 aromatic rings. The number of benzene rings is 1. The second-order valence-corrected chi connectivity index (χ2v) is 5.59. The van der Waals surface area contributed by atoms with Crippen LogP contribution in [0.25, 0.3) is 0 Å². The molecule has 0 radical (unpaired) electrons. The van der Waals surface area contributed by atoms with Crippen LogP contribution in [0.4, 0.5) is 0 Å². The summed E-state index contributed by atoms with van der Waals surface area (Å²) in [5, 5.41) is 9.10. The van der Waals surface area contributed by atoms with E-state index < -0.39 is 5.97 Å². The molecular formula is C14H17BrO4. The Labute approximate surface area is 120 Å². The molecule has 0 aliphatic heterocycles. The molecule has 1 aliphatic carbocycles. The van der Waals surface area contributed by atoms with E-state index in [4.69, 9.17) is 14.6 Å². The van der Waals surface area contributed by atoms with Crippen molar-refractivity contribution in [3.05, 3.63) is 22.2 Å². The minimum absolute atomic E-state index is 0.124. The van der Waals surface area contributed by atoms with Crippen molar-refractivity contribution in [1.82, 2.24) is 0 Å². The van der Waals surface area contributed by atoms with Gasteiger partial charge in [-0.25, -0.2) is 0 Å². The zero-order valence-corrected chi connectivity index (χ0v) is 12.6. The molecule has 1 saturated carbocycles. The predicted molar refractivity (Wildman–Crippen MR) is 75.0 cm³/mol. The van der Waals surface area contributed by atoms with E-state index >= 15 is 0 Å². The number of methoxy groups -OCH3 is 1. The molecule has 0 amide bonds. The summed E-state index contributed by atoms with van der Waals surface area (Å²) in [5.74, 6) is 0.532. The van der Waals surface area contributed by atoms with Crippen LogP contribution >= 0.6 is 15.9 Å². The summed E-state index contributed by atoms with van der Waals surface area (Å²) < 4.78 is 11.9. The third-order valence-electron chi connectivity index (χ3n) is 3.45. The fraction of sp³-hybridized carbons (Fsp3) is 0.500. The van der Waals surface area contributed by atoms with Gasteiger partial charge in [-0.1, -0.05) is 15.9 Å². The topological polar surface area (TPSA) is 55.8 Å². The average molecular weight is 329 g/mol. The van der Waals surface area contributed by atoms with E-state index in [9.17, 15) is 4.79 Å². The van der Waals surface area contributed by atoms with Crippen LogP contribution < -0.4 is 9.47 Å². The molecule has 5 heteroatoms. The van der Waals surface area contributed by atoms with Crippen LogP contribution in [0.2, 0.25) is 0 Å². The van der Waals surface area contributed by atoms with Gasteiger partial charge in [0.1, 0.15) is 0 Å². The molecule has 1 aromatic carbocycles. The molecule has 2 rings (SSSR count). The van der Waals surface area contributed by atoms with E-state index in [-0.39, 0.29) is 11.8 Å². The number of carboxylic acids is 1. The lowest BCUT2D eigenvalue weighted by atomic mass is 9.91. The number of carboxylic acid groups (broad SMARTS) is 1. The van der Waals surface area contributed by atoms with Crippen molar-refractivity contribution >= 4 is 21.9 Å².